The zero-order valence-electron chi connectivity index (χ0n) is 10.00. The highest BCUT2D eigenvalue weighted by molar-refractivity contribution is 5.85. The van der Waals surface area contributed by atoms with Crippen LogP contribution in [0.25, 0.3) is 11.0 Å². The van der Waals surface area contributed by atoms with Crippen molar-refractivity contribution >= 4 is 35.6 Å². The van der Waals surface area contributed by atoms with Gasteiger partial charge in [-0.05, 0) is 24.3 Å². The van der Waals surface area contributed by atoms with E-state index < -0.39 is 10.9 Å². The molecule has 0 aromatic carbocycles. The van der Waals surface area contributed by atoms with E-state index in [4.69, 9.17) is 5.41 Å². The summed E-state index contributed by atoms with van der Waals surface area (Å²) < 4.78 is 4.36. The number of aromatic nitrogens is 1. The lowest BCUT2D eigenvalue weighted by atomic mass is 10.4. The molecule has 2 rings (SSSR count). The molecule has 19 heavy (non-hydrogen) atoms. The number of hydrogen-bond donors (Lipinski definition) is 2. The van der Waals surface area contributed by atoms with Crippen molar-refractivity contribution in [2.24, 2.45) is 0 Å². The van der Waals surface area contributed by atoms with E-state index in [0.717, 1.165) is 6.21 Å². The summed E-state index contributed by atoms with van der Waals surface area (Å²) in [6.07, 6.45) is 0.756. The number of halogens is 1. The molecule has 2 N–H and O–H groups in total. The molecule has 7 nitrogen and oxygen atoms in total. The van der Waals surface area contributed by atoms with Gasteiger partial charge >= 0.3 is 5.97 Å². The van der Waals surface area contributed by atoms with Gasteiger partial charge in [-0.25, -0.2) is 0 Å². The summed E-state index contributed by atoms with van der Waals surface area (Å²) in [5.74, 6) is -0.609. The van der Waals surface area contributed by atoms with E-state index in [1.165, 1.54) is 11.0 Å². The highest BCUT2D eigenvalue weighted by atomic mass is 35.5. The predicted molar refractivity (Wildman–Crippen MR) is 73.0 cm³/mol. The second-order valence-corrected chi connectivity index (χ2v) is 3.39. The van der Waals surface area contributed by atoms with Gasteiger partial charge in [0.2, 0.25) is 6.54 Å². The predicted octanol–water partition coefficient (Wildman–Crippen LogP) is 1.87. The van der Waals surface area contributed by atoms with Crippen LogP contribution < -0.4 is 0 Å². The van der Waals surface area contributed by atoms with E-state index in [1.807, 2.05) is 0 Å². The molecule has 0 atom stereocenters. The number of ether oxygens (including phenoxy) is 1. The van der Waals surface area contributed by atoms with Crippen LogP contribution >= 0.6 is 12.4 Å². The largest absolute Gasteiger partial charge is 0.458 e. The summed E-state index contributed by atoms with van der Waals surface area (Å²) in [5, 5.41) is 16.2. The summed E-state index contributed by atoms with van der Waals surface area (Å²) in [5.41, 5.74) is 2.44. The van der Waals surface area contributed by atoms with Gasteiger partial charge in [0.15, 0.2) is 6.61 Å². The number of nitrogens with one attached hydrogen (secondary N) is 2. The Balaban J connectivity index is 0.000000345. The summed E-state index contributed by atoms with van der Waals surface area (Å²) in [4.78, 5) is 22.7. The fraction of sp³-hybridized carbons (Fsp3) is 0.273. The third-order valence-corrected chi connectivity index (χ3v) is 1.98. The first kappa shape index (κ1) is 16.9. The second-order valence-electron chi connectivity index (χ2n) is 3.39. The lowest BCUT2D eigenvalue weighted by molar-refractivity contribution is -0.482. The number of rotatable bonds is 5. The van der Waals surface area contributed by atoms with Crippen molar-refractivity contribution in [3.8, 4) is 0 Å². The molecule has 2 heterocycles. The third-order valence-electron chi connectivity index (χ3n) is 1.98. The van der Waals surface area contributed by atoms with Crippen LogP contribution in [-0.4, -0.2) is 35.2 Å². The molecule has 104 valence electrons. The molecule has 2 aromatic rings. The molecule has 0 aliphatic carbocycles. The number of aromatic amines is 1. The standard InChI is InChI=1S/C6H5N.C5H8N2O4.ClH/c1-2-6-4-3-5(1)7-6;6-2-1-5(8)11-4-3-7(9)10;/h1-4,7H;2,6H,1,3-4H2;1H. The Hall–Kier alpha value is -2.15. The summed E-state index contributed by atoms with van der Waals surface area (Å²) >= 11 is 0. The van der Waals surface area contributed by atoms with Gasteiger partial charge in [0.25, 0.3) is 0 Å². The number of H-pyrrole nitrogens is 1. The van der Waals surface area contributed by atoms with Gasteiger partial charge in [-0.2, -0.15) is 0 Å². The van der Waals surface area contributed by atoms with Gasteiger partial charge in [0.05, 0.1) is 6.42 Å². The van der Waals surface area contributed by atoms with Crippen molar-refractivity contribution in [2.75, 3.05) is 13.2 Å². The minimum absolute atomic E-state index is 0. The Morgan fingerprint density at radius 2 is 1.89 bits per heavy atom. The molecule has 8 heteroatoms. The third kappa shape index (κ3) is 6.99. The number of carbonyl (C=O) groups excluding carboxylic acids is 1. The zero-order chi connectivity index (χ0) is 13.4. The minimum atomic E-state index is -0.609. The van der Waals surface area contributed by atoms with Crippen molar-refractivity contribution < 1.29 is 14.5 Å². The fourth-order valence-corrected chi connectivity index (χ4v) is 1.18. The fourth-order valence-electron chi connectivity index (χ4n) is 1.18. The summed E-state index contributed by atoms with van der Waals surface area (Å²) in [7, 11) is 0. The van der Waals surface area contributed by atoms with Crippen molar-refractivity contribution in [1.82, 2.24) is 4.98 Å². The van der Waals surface area contributed by atoms with Crippen LogP contribution in [-0.2, 0) is 9.53 Å². The molecule has 0 radical (unpaired) electrons. The lowest BCUT2D eigenvalue weighted by Gasteiger charge is -1.97. The van der Waals surface area contributed by atoms with E-state index in [9.17, 15) is 14.9 Å². The number of fused-ring (bicyclic) bond motifs is 2. The van der Waals surface area contributed by atoms with Crippen LogP contribution in [0.1, 0.15) is 6.42 Å². The molecule has 0 fully saturated rings. The Kier molecular flexibility index (Phi) is 7.87. The van der Waals surface area contributed by atoms with Gasteiger partial charge in [0.1, 0.15) is 0 Å². The maximum absolute atomic E-state index is 10.4. The van der Waals surface area contributed by atoms with Crippen LogP contribution in [0.15, 0.2) is 24.3 Å². The number of nitro groups is 1. The molecule has 0 spiro atoms. The first-order chi connectivity index (χ1) is 8.61. The lowest BCUT2D eigenvalue weighted by Crippen LogP contribution is -2.13. The normalized spacial score (nSPS) is 9.05. The topological polar surface area (TPSA) is 109 Å². The molecule has 0 saturated heterocycles. The zero-order valence-corrected chi connectivity index (χ0v) is 10.8. The summed E-state index contributed by atoms with van der Waals surface area (Å²) in [6, 6.07) is 8.26. The molecule has 0 amide bonds. The average molecular weight is 288 g/mol. The van der Waals surface area contributed by atoms with Crippen LogP contribution in [0.5, 0.6) is 0 Å². The first-order valence-corrected chi connectivity index (χ1v) is 5.25. The van der Waals surface area contributed by atoms with E-state index in [2.05, 4.69) is 34.0 Å². The molecule has 0 aliphatic heterocycles. The first-order valence-electron chi connectivity index (χ1n) is 5.25. The molecular formula is C11H14ClN3O4. The number of carbonyl (C=O) groups is 1. The SMILES string of the molecule is Cl.N=CCC(=O)OCC[N+](=O)[O-].c1cc2ccc1[nH]2. The number of esters is 1. The Labute approximate surface area is 115 Å². The molecule has 0 unspecified atom stereocenters. The highest BCUT2D eigenvalue weighted by Crippen LogP contribution is 2.07. The molecule has 0 saturated carbocycles. The van der Waals surface area contributed by atoms with E-state index in [0.29, 0.717) is 0 Å². The van der Waals surface area contributed by atoms with Crippen molar-refractivity contribution in [1.29, 1.82) is 5.41 Å². The van der Waals surface area contributed by atoms with Crippen molar-refractivity contribution in [2.45, 2.75) is 6.42 Å². The molecule has 0 aliphatic rings. The minimum Gasteiger partial charge on any atom is -0.458 e. The maximum atomic E-state index is 10.4. The molecule has 2 aromatic heterocycles. The molecule has 2 bridgehead atoms. The Morgan fingerprint density at radius 1 is 1.37 bits per heavy atom. The smallest absolute Gasteiger partial charge is 0.311 e. The Bertz CT molecular complexity index is 469. The Morgan fingerprint density at radius 3 is 2.21 bits per heavy atom. The number of benzene rings is 1. The molecular weight excluding hydrogens is 274 g/mol. The van der Waals surface area contributed by atoms with Crippen LogP contribution in [0.4, 0.5) is 0 Å². The van der Waals surface area contributed by atoms with Crippen LogP contribution in [0.2, 0.25) is 0 Å². The van der Waals surface area contributed by atoms with Gasteiger partial charge in [-0.1, -0.05) is 0 Å². The number of hydrogen-bond acceptors (Lipinski definition) is 5. The van der Waals surface area contributed by atoms with Gasteiger partial charge in [0, 0.05) is 22.2 Å². The quantitative estimate of drug-likeness (QED) is 0.378. The van der Waals surface area contributed by atoms with Crippen molar-refractivity contribution in [3.05, 3.63) is 34.4 Å². The monoisotopic (exact) mass is 287 g/mol. The van der Waals surface area contributed by atoms with E-state index >= 15 is 0 Å². The van der Waals surface area contributed by atoms with E-state index in [1.54, 1.807) is 0 Å². The number of nitrogens with zero attached hydrogens (tertiary/aromatic N) is 1. The second kappa shape index (κ2) is 8.87. The summed E-state index contributed by atoms with van der Waals surface area (Å²) in [6.45, 7) is -0.608. The van der Waals surface area contributed by atoms with Crippen LogP contribution in [0.3, 0.4) is 0 Å². The van der Waals surface area contributed by atoms with Gasteiger partial charge < -0.3 is 15.1 Å². The van der Waals surface area contributed by atoms with E-state index in [-0.39, 0.29) is 32.0 Å². The van der Waals surface area contributed by atoms with Gasteiger partial charge in [-0.15, -0.1) is 12.4 Å². The highest BCUT2D eigenvalue weighted by Gasteiger charge is 2.02. The average Bonchev–Trinajstić information content (AvgIpc) is 2.93. The maximum Gasteiger partial charge on any atom is 0.311 e. The van der Waals surface area contributed by atoms with Crippen LogP contribution in [0, 0.1) is 15.5 Å². The van der Waals surface area contributed by atoms with Crippen molar-refractivity contribution in [3.63, 3.8) is 0 Å². The van der Waals surface area contributed by atoms with Gasteiger partial charge in [-0.3, -0.25) is 14.9 Å².